The van der Waals surface area contributed by atoms with E-state index in [2.05, 4.69) is 0 Å². The summed E-state index contributed by atoms with van der Waals surface area (Å²) in [7, 11) is 2.83. The summed E-state index contributed by atoms with van der Waals surface area (Å²) in [4.78, 5) is 52.0. The minimum absolute atomic E-state index is 0.0414. The van der Waals surface area contributed by atoms with Crippen molar-refractivity contribution in [2.24, 2.45) is 11.7 Å². The first-order valence-corrected chi connectivity index (χ1v) is 13.5. The molecule has 2 N–H and O–H groups in total. The normalized spacial score (nSPS) is 14.8. The summed E-state index contributed by atoms with van der Waals surface area (Å²) in [5.74, 6) is -1.77. The van der Waals surface area contributed by atoms with Crippen LogP contribution in [0.3, 0.4) is 0 Å². The number of nitro benzene ring substituents is 2. The predicted octanol–water partition coefficient (Wildman–Crippen LogP) is 5.78. The molecule has 1 unspecified atom stereocenters. The van der Waals surface area contributed by atoms with Gasteiger partial charge < -0.3 is 15.2 Å². The number of nitrogens with zero attached hydrogens (tertiary/aromatic N) is 3. The van der Waals surface area contributed by atoms with E-state index in [4.69, 9.17) is 26.8 Å². The van der Waals surface area contributed by atoms with Crippen LogP contribution in [0.25, 0.3) is 0 Å². The summed E-state index contributed by atoms with van der Waals surface area (Å²) in [5.41, 5.74) is 3.61. The number of hydrogen-bond donors (Lipinski definition) is 1. The van der Waals surface area contributed by atoms with Crippen LogP contribution in [-0.2, 0) is 10.3 Å². The zero-order valence-corrected chi connectivity index (χ0v) is 23.7. The lowest BCUT2D eigenvalue weighted by atomic mass is 9.68. The van der Waals surface area contributed by atoms with Crippen LogP contribution in [0.4, 0.5) is 17.1 Å². The standard InChI is InChI=1S/C29H29ClN4O8/c1-41-25-15-13-22(17-26(25)42-2)32(27(35)23-14-10-20(30)16-24(23)34(39)40)29(28(31)36,18-6-4-3-5-7-18)19-8-11-21(12-9-19)33(37)38/h8-18H,3-7H2,1-2H3,(H2,31,36). The van der Waals surface area contributed by atoms with Gasteiger partial charge in [-0.25, -0.2) is 0 Å². The summed E-state index contributed by atoms with van der Waals surface area (Å²) >= 11 is 6.04. The number of methoxy groups -OCH3 is 2. The number of nitro groups is 2. The van der Waals surface area contributed by atoms with E-state index in [0.29, 0.717) is 18.6 Å². The van der Waals surface area contributed by atoms with Crippen LogP contribution in [0.2, 0.25) is 5.02 Å². The molecule has 220 valence electrons. The molecule has 0 bridgehead atoms. The summed E-state index contributed by atoms with van der Waals surface area (Å²) in [6.45, 7) is 0. The molecular formula is C29H29ClN4O8. The molecule has 1 aliphatic carbocycles. The van der Waals surface area contributed by atoms with Crippen LogP contribution in [0.5, 0.6) is 11.5 Å². The Hall–Kier alpha value is -4.71. The molecular weight excluding hydrogens is 568 g/mol. The second-order valence-electron chi connectivity index (χ2n) is 9.87. The first kappa shape index (κ1) is 30.3. The minimum Gasteiger partial charge on any atom is -0.493 e. The number of primary amides is 1. The molecule has 13 heteroatoms. The Morgan fingerprint density at radius 2 is 1.55 bits per heavy atom. The molecule has 1 saturated carbocycles. The molecule has 4 rings (SSSR count). The molecule has 3 aromatic rings. The largest absolute Gasteiger partial charge is 0.493 e. The highest BCUT2D eigenvalue weighted by Gasteiger charge is 2.54. The second-order valence-corrected chi connectivity index (χ2v) is 10.3. The van der Waals surface area contributed by atoms with Gasteiger partial charge in [-0.2, -0.15) is 0 Å². The van der Waals surface area contributed by atoms with E-state index in [0.717, 1.165) is 30.2 Å². The molecule has 0 saturated heterocycles. The molecule has 42 heavy (non-hydrogen) atoms. The Bertz CT molecular complexity index is 1520. The number of rotatable bonds is 10. The lowest BCUT2D eigenvalue weighted by molar-refractivity contribution is -0.385. The topological polar surface area (TPSA) is 168 Å². The van der Waals surface area contributed by atoms with Gasteiger partial charge in [0.2, 0.25) is 5.91 Å². The van der Waals surface area contributed by atoms with E-state index in [1.807, 2.05) is 0 Å². The van der Waals surface area contributed by atoms with Crippen LogP contribution in [0.15, 0.2) is 60.7 Å². The highest BCUT2D eigenvalue weighted by molar-refractivity contribution is 6.31. The molecule has 1 aliphatic rings. The van der Waals surface area contributed by atoms with Crippen LogP contribution in [0, 0.1) is 26.1 Å². The molecule has 12 nitrogen and oxygen atoms in total. The monoisotopic (exact) mass is 596 g/mol. The summed E-state index contributed by atoms with van der Waals surface area (Å²) < 4.78 is 10.8. The Balaban J connectivity index is 2.11. The first-order chi connectivity index (χ1) is 20.1. The maximum atomic E-state index is 14.7. The summed E-state index contributed by atoms with van der Waals surface area (Å²) in [5, 5.41) is 23.6. The van der Waals surface area contributed by atoms with E-state index < -0.39 is 38.8 Å². The number of carbonyl (C=O) groups excluding carboxylic acids is 2. The van der Waals surface area contributed by atoms with Gasteiger partial charge in [-0.1, -0.05) is 30.9 Å². The number of nitrogens with two attached hydrogens (primary N) is 1. The molecule has 0 aromatic heterocycles. The lowest BCUT2D eigenvalue weighted by Gasteiger charge is -2.48. The molecule has 1 fully saturated rings. The molecule has 0 aliphatic heterocycles. The Labute approximate surface area is 246 Å². The van der Waals surface area contributed by atoms with Crippen LogP contribution < -0.4 is 20.1 Å². The fourth-order valence-corrected chi connectivity index (χ4v) is 5.93. The van der Waals surface area contributed by atoms with Gasteiger partial charge in [0.1, 0.15) is 5.56 Å². The van der Waals surface area contributed by atoms with Crippen LogP contribution in [-0.4, -0.2) is 35.9 Å². The van der Waals surface area contributed by atoms with E-state index >= 15 is 0 Å². The molecule has 0 heterocycles. The zero-order chi connectivity index (χ0) is 30.6. The Kier molecular flexibility index (Phi) is 8.96. The van der Waals surface area contributed by atoms with Crippen molar-refractivity contribution in [1.82, 2.24) is 0 Å². The number of carbonyl (C=O) groups is 2. The SMILES string of the molecule is COc1ccc(N(C(=O)c2ccc(Cl)cc2[N+](=O)[O-])C(C(N)=O)(c2ccc([N+](=O)[O-])cc2)C2CCCCC2)cc1OC. The van der Waals surface area contributed by atoms with Crippen molar-refractivity contribution in [3.63, 3.8) is 0 Å². The number of anilines is 1. The second kappa shape index (κ2) is 12.4. The summed E-state index contributed by atoms with van der Waals surface area (Å²) in [6.07, 6.45) is 3.38. The van der Waals surface area contributed by atoms with Gasteiger partial charge in [-0.05, 0) is 60.7 Å². The third-order valence-corrected chi connectivity index (χ3v) is 7.89. The average Bonchev–Trinajstić information content (AvgIpc) is 2.99. The lowest BCUT2D eigenvalue weighted by Crippen LogP contribution is -2.62. The maximum Gasteiger partial charge on any atom is 0.283 e. The van der Waals surface area contributed by atoms with Crippen molar-refractivity contribution in [3.05, 3.63) is 97.0 Å². The Morgan fingerprint density at radius 3 is 2.10 bits per heavy atom. The third-order valence-electron chi connectivity index (χ3n) is 7.66. The summed E-state index contributed by atoms with van der Waals surface area (Å²) in [6, 6.07) is 13.4. The molecule has 3 aromatic carbocycles. The van der Waals surface area contributed by atoms with E-state index in [1.54, 1.807) is 0 Å². The fourth-order valence-electron chi connectivity index (χ4n) is 5.76. The quantitative estimate of drug-likeness (QED) is 0.227. The average molecular weight is 597 g/mol. The molecule has 0 radical (unpaired) electrons. The molecule has 2 amide bonds. The fraction of sp³-hybridized carbons (Fsp3) is 0.310. The number of ether oxygens (including phenoxy) is 2. The van der Waals surface area contributed by atoms with Crippen molar-refractivity contribution in [2.75, 3.05) is 19.1 Å². The van der Waals surface area contributed by atoms with Gasteiger partial charge >= 0.3 is 0 Å². The number of amides is 2. The maximum absolute atomic E-state index is 14.7. The van der Waals surface area contributed by atoms with E-state index in [-0.39, 0.29) is 33.3 Å². The molecule has 1 atom stereocenters. The van der Waals surface area contributed by atoms with Gasteiger partial charge in [0.15, 0.2) is 17.0 Å². The van der Waals surface area contributed by atoms with E-state index in [1.165, 1.54) is 68.8 Å². The van der Waals surface area contributed by atoms with Crippen molar-refractivity contribution >= 4 is 40.5 Å². The zero-order valence-electron chi connectivity index (χ0n) is 22.9. The first-order valence-electron chi connectivity index (χ1n) is 13.1. The Morgan fingerprint density at radius 1 is 0.905 bits per heavy atom. The number of non-ortho nitro benzene ring substituents is 1. The number of benzene rings is 3. The third kappa shape index (κ3) is 5.45. The van der Waals surface area contributed by atoms with Gasteiger partial charge in [-0.3, -0.25) is 34.7 Å². The van der Waals surface area contributed by atoms with Gasteiger partial charge in [0.05, 0.1) is 24.1 Å². The predicted molar refractivity (Wildman–Crippen MR) is 155 cm³/mol. The van der Waals surface area contributed by atoms with Crippen LogP contribution in [0.1, 0.15) is 48.0 Å². The minimum atomic E-state index is -1.90. The van der Waals surface area contributed by atoms with Gasteiger partial charge in [0, 0.05) is 35.0 Å². The van der Waals surface area contributed by atoms with Crippen molar-refractivity contribution in [1.29, 1.82) is 0 Å². The van der Waals surface area contributed by atoms with Crippen LogP contribution >= 0.6 is 11.6 Å². The van der Waals surface area contributed by atoms with Gasteiger partial charge in [-0.15, -0.1) is 0 Å². The highest BCUT2D eigenvalue weighted by Crippen LogP contribution is 2.48. The smallest absolute Gasteiger partial charge is 0.283 e. The molecule has 0 spiro atoms. The van der Waals surface area contributed by atoms with Gasteiger partial charge in [0.25, 0.3) is 17.3 Å². The number of halogens is 1. The number of hydrogen-bond acceptors (Lipinski definition) is 8. The van der Waals surface area contributed by atoms with Crippen molar-refractivity contribution in [3.8, 4) is 11.5 Å². The van der Waals surface area contributed by atoms with E-state index in [9.17, 15) is 29.8 Å². The van der Waals surface area contributed by atoms with Crippen molar-refractivity contribution in [2.45, 2.75) is 37.6 Å². The van der Waals surface area contributed by atoms with Crippen molar-refractivity contribution < 1.29 is 28.9 Å². The highest BCUT2D eigenvalue weighted by atomic mass is 35.5.